The molecule has 2 unspecified atom stereocenters. The van der Waals surface area contributed by atoms with Crippen LogP contribution in [0.15, 0.2) is 0 Å². The quantitative estimate of drug-likeness (QED) is 0.818. The largest absolute Gasteiger partial charge is 0.329 e. The molecule has 2 fully saturated rings. The lowest BCUT2D eigenvalue weighted by Gasteiger charge is -2.51. The molecule has 2 N–H and O–H groups in total. The van der Waals surface area contributed by atoms with Crippen molar-refractivity contribution < 1.29 is 0 Å². The Bertz CT molecular complexity index is 283. The molecule has 0 bridgehead atoms. The van der Waals surface area contributed by atoms with Crippen molar-refractivity contribution in [2.45, 2.75) is 89.6 Å². The number of nitrogens with zero attached hydrogens (tertiary/aromatic N) is 1. The Morgan fingerprint density at radius 2 is 1.65 bits per heavy atom. The zero-order chi connectivity index (χ0) is 14.6. The minimum absolute atomic E-state index is 0.308. The van der Waals surface area contributed by atoms with Gasteiger partial charge in [-0.05, 0) is 57.4 Å². The second kappa shape index (κ2) is 7.26. The molecule has 20 heavy (non-hydrogen) atoms. The van der Waals surface area contributed by atoms with Gasteiger partial charge in [0.05, 0.1) is 0 Å². The number of likely N-dealkylation sites (N-methyl/N-ethyl adjacent to an activating group) is 1. The third kappa shape index (κ3) is 3.39. The molecule has 0 spiro atoms. The van der Waals surface area contributed by atoms with E-state index in [-0.39, 0.29) is 0 Å². The van der Waals surface area contributed by atoms with E-state index in [4.69, 9.17) is 5.73 Å². The third-order valence-electron chi connectivity index (χ3n) is 6.57. The Morgan fingerprint density at radius 3 is 2.20 bits per heavy atom. The summed E-state index contributed by atoms with van der Waals surface area (Å²) in [6, 6.07) is 0.789. The fraction of sp³-hybridized carbons (Fsp3) is 1.00. The van der Waals surface area contributed by atoms with E-state index in [1.54, 1.807) is 0 Å². The van der Waals surface area contributed by atoms with E-state index >= 15 is 0 Å². The molecule has 2 heteroatoms. The van der Waals surface area contributed by atoms with E-state index in [1.165, 1.54) is 64.2 Å². The Morgan fingerprint density at radius 1 is 1.00 bits per heavy atom. The van der Waals surface area contributed by atoms with Crippen LogP contribution in [0.3, 0.4) is 0 Å². The van der Waals surface area contributed by atoms with Crippen LogP contribution in [0.4, 0.5) is 0 Å². The molecule has 2 nitrogen and oxygen atoms in total. The Labute approximate surface area is 126 Å². The van der Waals surface area contributed by atoms with Crippen LogP contribution in [0, 0.1) is 11.8 Å². The summed E-state index contributed by atoms with van der Waals surface area (Å²) in [6.45, 7) is 5.56. The van der Waals surface area contributed by atoms with Crippen molar-refractivity contribution in [1.82, 2.24) is 4.90 Å². The predicted molar refractivity (Wildman–Crippen MR) is 87.8 cm³/mol. The molecule has 0 saturated heterocycles. The first kappa shape index (κ1) is 16.3. The van der Waals surface area contributed by atoms with Crippen LogP contribution in [0.2, 0.25) is 0 Å². The molecule has 2 aliphatic carbocycles. The van der Waals surface area contributed by atoms with Crippen LogP contribution < -0.4 is 5.73 Å². The second-order valence-corrected chi connectivity index (χ2v) is 7.49. The van der Waals surface area contributed by atoms with Gasteiger partial charge in [-0.2, -0.15) is 0 Å². The molecule has 0 aromatic carbocycles. The zero-order valence-corrected chi connectivity index (χ0v) is 14.0. The maximum absolute atomic E-state index is 6.27. The third-order valence-corrected chi connectivity index (χ3v) is 6.57. The number of rotatable bonds is 5. The van der Waals surface area contributed by atoms with Gasteiger partial charge in [0.2, 0.25) is 0 Å². The van der Waals surface area contributed by atoms with Crippen molar-refractivity contribution in [3.8, 4) is 0 Å². The maximum atomic E-state index is 6.27. The highest BCUT2D eigenvalue weighted by molar-refractivity contribution is 4.98. The molecular formula is C18H36N2. The highest BCUT2D eigenvalue weighted by Gasteiger charge is 2.41. The average molecular weight is 280 g/mol. The summed E-state index contributed by atoms with van der Waals surface area (Å²) in [6.07, 6.45) is 13.8. The summed E-state index contributed by atoms with van der Waals surface area (Å²) in [7, 11) is 2.38. The minimum Gasteiger partial charge on any atom is -0.329 e. The van der Waals surface area contributed by atoms with Gasteiger partial charge in [-0.25, -0.2) is 0 Å². The number of hydrogen-bond acceptors (Lipinski definition) is 2. The standard InChI is InChI=1S/C18H36N2/c1-4-15-8-10-17(11-9-15)20(3)18(14-19)12-6-7-16(5-2)13-18/h15-17H,4-14,19H2,1-3H3. The van der Waals surface area contributed by atoms with Crippen molar-refractivity contribution in [2.75, 3.05) is 13.6 Å². The van der Waals surface area contributed by atoms with Crippen molar-refractivity contribution in [3.63, 3.8) is 0 Å². The SMILES string of the molecule is CCC1CCC(N(C)C2(CN)CCCC(CC)C2)CC1. The molecule has 2 rings (SSSR count). The highest BCUT2D eigenvalue weighted by atomic mass is 15.2. The molecule has 0 aliphatic heterocycles. The Kier molecular flexibility index (Phi) is 5.92. The summed E-state index contributed by atoms with van der Waals surface area (Å²) >= 11 is 0. The minimum atomic E-state index is 0.308. The average Bonchev–Trinajstić information content (AvgIpc) is 2.54. The van der Waals surface area contributed by atoms with Gasteiger partial charge in [0.25, 0.3) is 0 Å². The van der Waals surface area contributed by atoms with Crippen molar-refractivity contribution in [3.05, 3.63) is 0 Å². The van der Waals surface area contributed by atoms with E-state index < -0.39 is 0 Å². The number of hydrogen-bond donors (Lipinski definition) is 1. The molecule has 2 atom stereocenters. The van der Waals surface area contributed by atoms with Gasteiger partial charge in [-0.1, -0.05) is 39.5 Å². The summed E-state index contributed by atoms with van der Waals surface area (Å²) in [4.78, 5) is 2.72. The van der Waals surface area contributed by atoms with Crippen molar-refractivity contribution in [2.24, 2.45) is 17.6 Å². The molecule has 0 aromatic rings. The molecule has 0 aromatic heterocycles. The molecule has 0 radical (unpaired) electrons. The normalized spacial score (nSPS) is 39.1. The van der Waals surface area contributed by atoms with Gasteiger partial charge in [0.15, 0.2) is 0 Å². The van der Waals surface area contributed by atoms with Gasteiger partial charge >= 0.3 is 0 Å². The van der Waals surface area contributed by atoms with Crippen LogP contribution >= 0.6 is 0 Å². The van der Waals surface area contributed by atoms with Crippen LogP contribution in [0.25, 0.3) is 0 Å². The fourth-order valence-electron chi connectivity index (χ4n) is 4.79. The predicted octanol–water partition coefficient (Wildman–Crippen LogP) is 4.18. The van der Waals surface area contributed by atoms with Crippen LogP contribution in [-0.4, -0.2) is 30.1 Å². The molecule has 0 amide bonds. The van der Waals surface area contributed by atoms with Gasteiger partial charge in [0, 0.05) is 18.1 Å². The first-order chi connectivity index (χ1) is 9.65. The molecule has 0 heterocycles. The maximum Gasteiger partial charge on any atom is 0.0334 e. The van der Waals surface area contributed by atoms with E-state index in [0.29, 0.717) is 5.54 Å². The van der Waals surface area contributed by atoms with E-state index in [1.807, 2.05) is 0 Å². The first-order valence-electron chi connectivity index (χ1n) is 9.08. The van der Waals surface area contributed by atoms with Gasteiger partial charge < -0.3 is 5.73 Å². The Balaban J connectivity index is 1.99. The summed E-state index contributed by atoms with van der Waals surface area (Å²) in [5.41, 5.74) is 6.58. The van der Waals surface area contributed by atoms with Crippen molar-refractivity contribution >= 4 is 0 Å². The Hall–Kier alpha value is -0.0800. The summed E-state index contributed by atoms with van der Waals surface area (Å²) in [5.74, 6) is 1.89. The van der Waals surface area contributed by atoms with E-state index in [2.05, 4.69) is 25.8 Å². The van der Waals surface area contributed by atoms with Crippen LogP contribution in [0.1, 0.15) is 78.1 Å². The molecule has 2 aliphatic rings. The topological polar surface area (TPSA) is 29.3 Å². The van der Waals surface area contributed by atoms with Gasteiger partial charge in [-0.15, -0.1) is 0 Å². The number of nitrogens with two attached hydrogens (primary N) is 1. The second-order valence-electron chi connectivity index (χ2n) is 7.49. The summed E-state index contributed by atoms with van der Waals surface area (Å²) in [5, 5.41) is 0. The van der Waals surface area contributed by atoms with Crippen molar-refractivity contribution in [1.29, 1.82) is 0 Å². The molecule has 118 valence electrons. The monoisotopic (exact) mass is 280 g/mol. The molecule has 2 saturated carbocycles. The first-order valence-corrected chi connectivity index (χ1v) is 9.08. The lowest BCUT2D eigenvalue weighted by Crippen LogP contribution is -2.58. The molecular weight excluding hydrogens is 244 g/mol. The van der Waals surface area contributed by atoms with Crippen LogP contribution in [-0.2, 0) is 0 Å². The van der Waals surface area contributed by atoms with Gasteiger partial charge in [0.1, 0.15) is 0 Å². The smallest absolute Gasteiger partial charge is 0.0334 e. The zero-order valence-electron chi connectivity index (χ0n) is 14.0. The van der Waals surface area contributed by atoms with E-state index in [0.717, 1.165) is 24.4 Å². The summed E-state index contributed by atoms with van der Waals surface area (Å²) < 4.78 is 0. The van der Waals surface area contributed by atoms with E-state index in [9.17, 15) is 0 Å². The fourth-order valence-corrected chi connectivity index (χ4v) is 4.79. The highest BCUT2D eigenvalue weighted by Crippen LogP contribution is 2.40. The lowest BCUT2D eigenvalue weighted by atomic mass is 9.72. The van der Waals surface area contributed by atoms with Crippen LogP contribution in [0.5, 0.6) is 0 Å². The van der Waals surface area contributed by atoms with Gasteiger partial charge in [-0.3, -0.25) is 4.90 Å². The lowest BCUT2D eigenvalue weighted by molar-refractivity contribution is 0.00568.